The van der Waals surface area contributed by atoms with Crippen LogP contribution in [0.2, 0.25) is 0 Å². The Kier molecular flexibility index (Phi) is 3.31. The maximum absolute atomic E-state index is 12.8. The molecule has 2 aromatic heterocycles. The van der Waals surface area contributed by atoms with Crippen molar-refractivity contribution in [3.63, 3.8) is 0 Å². The third-order valence-corrected chi connectivity index (χ3v) is 2.62. The van der Waals surface area contributed by atoms with Crippen molar-refractivity contribution in [3.05, 3.63) is 28.2 Å². The van der Waals surface area contributed by atoms with Crippen LogP contribution in [-0.2, 0) is 10.9 Å². The highest BCUT2D eigenvalue weighted by atomic mass is 32.1. The molecule has 0 spiro atoms. The molecule has 0 aromatic carbocycles. The minimum Gasteiger partial charge on any atom is -0.462 e. The highest BCUT2D eigenvalue weighted by Gasteiger charge is 2.35. The molecule has 2 heterocycles. The first-order valence-corrected chi connectivity index (χ1v) is 5.61. The summed E-state index contributed by atoms with van der Waals surface area (Å²) in [6.07, 6.45) is -4.60. The Morgan fingerprint density at radius 2 is 2.21 bits per heavy atom. The molecule has 2 rings (SSSR count). The Labute approximate surface area is 110 Å². The van der Waals surface area contributed by atoms with Gasteiger partial charge in [0.1, 0.15) is 11.3 Å². The van der Waals surface area contributed by atoms with Crippen molar-refractivity contribution in [2.24, 2.45) is 0 Å². The summed E-state index contributed by atoms with van der Waals surface area (Å²) in [4.78, 5) is 11.6. The Morgan fingerprint density at radius 3 is 2.79 bits per heavy atom. The van der Waals surface area contributed by atoms with Crippen LogP contribution in [0, 0.1) is 4.77 Å². The number of alkyl halides is 3. The number of hydrogen-bond donors (Lipinski definition) is 1. The van der Waals surface area contributed by atoms with E-state index < -0.39 is 17.8 Å². The van der Waals surface area contributed by atoms with Crippen LogP contribution in [0.15, 0.2) is 12.1 Å². The number of carbonyl (C=O) groups excluding carboxylic acids is 1. The van der Waals surface area contributed by atoms with E-state index in [1.54, 1.807) is 6.92 Å². The van der Waals surface area contributed by atoms with Crippen molar-refractivity contribution in [2.45, 2.75) is 13.1 Å². The molecule has 0 bridgehead atoms. The lowest BCUT2D eigenvalue weighted by atomic mass is 10.2. The van der Waals surface area contributed by atoms with Gasteiger partial charge in [-0.05, 0) is 31.3 Å². The van der Waals surface area contributed by atoms with E-state index in [1.165, 1.54) is 0 Å². The number of nitrogens with one attached hydrogen (secondary N) is 1. The number of rotatable bonds is 2. The molecule has 9 heteroatoms. The number of ether oxygens (including phenoxy) is 1. The van der Waals surface area contributed by atoms with Gasteiger partial charge < -0.3 is 4.74 Å². The van der Waals surface area contributed by atoms with Gasteiger partial charge in [0.25, 0.3) is 0 Å². The number of aromatic nitrogens is 3. The van der Waals surface area contributed by atoms with Crippen LogP contribution in [0.5, 0.6) is 0 Å². The highest BCUT2D eigenvalue weighted by Crippen LogP contribution is 2.30. The molecule has 0 saturated carbocycles. The van der Waals surface area contributed by atoms with Gasteiger partial charge in [0, 0.05) is 0 Å². The van der Waals surface area contributed by atoms with Crippen LogP contribution in [0.4, 0.5) is 13.2 Å². The van der Waals surface area contributed by atoms with Crippen LogP contribution in [0.1, 0.15) is 23.0 Å². The van der Waals surface area contributed by atoms with E-state index in [4.69, 9.17) is 17.0 Å². The summed E-state index contributed by atoms with van der Waals surface area (Å²) in [6, 6.07) is 1.79. The maximum Gasteiger partial charge on any atom is 0.431 e. The zero-order valence-corrected chi connectivity index (χ0v) is 10.4. The van der Waals surface area contributed by atoms with Crippen LogP contribution in [0.3, 0.4) is 0 Å². The first kappa shape index (κ1) is 13.5. The second-order valence-corrected chi connectivity index (χ2v) is 3.92. The molecule has 0 radical (unpaired) electrons. The SMILES string of the molecule is CCOC(=O)c1ccc(C(F)(F)F)n2c(=S)[nH]nc12. The lowest BCUT2D eigenvalue weighted by Crippen LogP contribution is -2.14. The van der Waals surface area contributed by atoms with E-state index in [1.807, 2.05) is 0 Å². The molecule has 0 aliphatic carbocycles. The van der Waals surface area contributed by atoms with Crippen molar-refractivity contribution < 1.29 is 22.7 Å². The molecular formula is C10H8F3N3O2S. The maximum atomic E-state index is 12.8. The summed E-state index contributed by atoms with van der Waals surface area (Å²) in [5.74, 6) is -0.754. The van der Waals surface area contributed by atoms with Crippen molar-refractivity contribution in [1.29, 1.82) is 0 Å². The summed E-state index contributed by atoms with van der Waals surface area (Å²) in [7, 11) is 0. The van der Waals surface area contributed by atoms with Crippen LogP contribution in [-0.4, -0.2) is 27.2 Å². The molecular weight excluding hydrogens is 283 g/mol. The van der Waals surface area contributed by atoms with Gasteiger partial charge in [-0.15, -0.1) is 0 Å². The fourth-order valence-electron chi connectivity index (χ4n) is 1.60. The van der Waals surface area contributed by atoms with Crippen LogP contribution in [0.25, 0.3) is 5.65 Å². The second-order valence-electron chi connectivity index (χ2n) is 3.54. The lowest BCUT2D eigenvalue weighted by molar-refractivity contribution is -0.142. The topological polar surface area (TPSA) is 59.4 Å². The molecule has 102 valence electrons. The number of pyridine rings is 1. The monoisotopic (exact) mass is 291 g/mol. The average Bonchev–Trinajstić information content (AvgIpc) is 2.70. The first-order chi connectivity index (χ1) is 8.86. The van der Waals surface area contributed by atoms with E-state index in [-0.39, 0.29) is 22.6 Å². The van der Waals surface area contributed by atoms with E-state index in [0.717, 1.165) is 12.1 Å². The Bertz CT molecular complexity index is 689. The number of hydrogen-bond acceptors (Lipinski definition) is 4. The van der Waals surface area contributed by atoms with E-state index in [0.29, 0.717) is 4.40 Å². The lowest BCUT2D eigenvalue weighted by Gasteiger charge is -2.10. The predicted octanol–water partition coefficient (Wildman–Crippen LogP) is 2.59. The second kappa shape index (κ2) is 4.65. The Hall–Kier alpha value is -1.90. The van der Waals surface area contributed by atoms with Gasteiger partial charge in [0.15, 0.2) is 10.4 Å². The zero-order valence-electron chi connectivity index (χ0n) is 9.61. The number of fused-ring (bicyclic) bond motifs is 1. The minimum atomic E-state index is -4.60. The van der Waals surface area contributed by atoms with Crippen LogP contribution >= 0.6 is 12.2 Å². The molecule has 19 heavy (non-hydrogen) atoms. The van der Waals surface area contributed by atoms with Gasteiger partial charge in [0.05, 0.1) is 6.61 Å². The van der Waals surface area contributed by atoms with Gasteiger partial charge in [-0.1, -0.05) is 0 Å². The van der Waals surface area contributed by atoms with E-state index in [2.05, 4.69) is 10.2 Å². The molecule has 0 aliphatic heterocycles. The minimum absolute atomic E-state index is 0.0813. The van der Waals surface area contributed by atoms with E-state index in [9.17, 15) is 18.0 Å². The van der Waals surface area contributed by atoms with Gasteiger partial charge in [-0.2, -0.15) is 18.3 Å². The van der Waals surface area contributed by atoms with Crippen LogP contribution < -0.4 is 0 Å². The van der Waals surface area contributed by atoms with Gasteiger partial charge in [-0.3, -0.25) is 9.50 Å². The molecule has 0 saturated heterocycles. The number of esters is 1. The molecule has 5 nitrogen and oxygen atoms in total. The van der Waals surface area contributed by atoms with E-state index >= 15 is 0 Å². The highest BCUT2D eigenvalue weighted by molar-refractivity contribution is 7.71. The molecule has 1 N–H and O–H groups in total. The number of aromatic amines is 1. The number of carbonyl (C=O) groups is 1. The van der Waals surface area contributed by atoms with Gasteiger partial charge in [0.2, 0.25) is 0 Å². The summed E-state index contributed by atoms with van der Waals surface area (Å²) < 4.78 is 43.7. The smallest absolute Gasteiger partial charge is 0.431 e. The third-order valence-electron chi connectivity index (χ3n) is 2.35. The largest absolute Gasteiger partial charge is 0.462 e. The number of H-pyrrole nitrogens is 1. The Balaban J connectivity index is 2.74. The van der Waals surface area contributed by atoms with Crippen molar-refractivity contribution in [2.75, 3.05) is 6.61 Å². The summed E-state index contributed by atoms with van der Waals surface area (Å²) in [5.41, 5.74) is -1.30. The fourth-order valence-corrected chi connectivity index (χ4v) is 1.83. The molecule has 0 aliphatic rings. The van der Waals surface area contributed by atoms with Crippen molar-refractivity contribution >= 4 is 23.8 Å². The molecule has 0 amide bonds. The zero-order chi connectivity index (χ0) is 14.2. The predicted molar refractivity (Wildman–Crippen MR) is 61.3 cm³/mol. The van der Waals surface area contributed by atoms with Crippen molar-refractivity contribution in [3.8, 4) is 0 Å². The number of halogens is 3. The molecule has 0 unspecified atom stereocenters. The van der Waals surface area contributed by atoms with Crippen molar-refractivity contribution in [1.82, 2.24) is 14.6 Å². The quantitative estimate of drug-likeness (QED) is 0.682. The normalized spacial score (nSPS) is 11.8. The summed E-state index contributed by atoms with van der Waals surface area (Å²) >= 11 is 4.75. The average molecular weight is 291 g/mol. The molecule has 2 aromatic rings. The van der Waals surface area contributed by atoms with Gasteiger partial charge >= 0.3 is 12.1 Å². The molecule has 0 atom stereocenters. The third kappa shape index (κ3) is 2.33. The molecule has 0 fully saturated rings. The van der Waals surface area contributed by atoms with Gasteiger partial charge in [-0.25, -0.2) is 4.79 Å². The Morgan fingerprint density at radius 1 is 1.53 bits per heavy atom. The number of nitrogens with zero attached hydrogens (tertiary/aromatic N) is 2. The standard InChI is InChI=1S/C10H8F3N3O2S/c1-2-18-8(17)5-3-4-6(10(11,12)13)16-7(5)14-15-9(16)19/h3-4H,2H2,1H3,(H,15,19). The summed E-state index contributed by atoms with van der Waals surface area (Å²) in [6.45, 7) is 1.70. The fraction of sp³-hybridized carbons (Fsp3) is 0.300. The first-order valence-electron chi connectivity index (χ1n) is 5.20. The summed E-state index contributed by atoms with van der Waals surface area (Å²) in [5, 5.41) is 5.88.